The Hall–Kier alpha value is -2.86. The van der Waals surface area contributed by atoms with E-state index in [1.54, 1.807) is 24.3 Å². The summed E-state index contributed by atoms with van der Waals surface area (Å²) in [6, 6.07) is 15.2. The van der Waals surface area contributed by atoms with E-state index in [1.807, 2.05) is 38.1 Å². The number of carbonyl (C=O) groups excluding carboxylic acids is 2. The van der Waals surface area contributed by atoms with Gasteiger partial charge in [0.2, 0.25) is 11.8 Å². The Morgan fingerprint density at radius 2 is 1.44 bits per heavy atom. The highest BCUT2D eigenvalue weighted by Gasteiger charge is 2.06. The van der Waals surface area contributed by atoms with Crippen LogP contribution < -0.4 is 20.7 Å². The topological polar surface area (TPSA) is 79.5 Å². The standard InChI is InChI=1S/C21H27N3O3/c1-4-16-5-9-18(10-6-16)27-19-11-7-17(8-12-19)24-21(26)14-22-13-20(25)23-15(2)3/h5-12,15,22H,4,13-14H2,1-3H3,(H,23,25)(H,24,26). The molecule has 0 unspecified atom stereocenters. The maximum absolute atomic E-state index is 11.9. The number of rotatable bonds is 9. The Morgan fingerprint density at radius 1 is 0.889 bits per heavy atom. The zero-order chi connectivity index (χ0) is 19.6. The third-order valence-electron chi connectivity index (χ3n) is 3.73. The lowest BCUT2D eigenvalue weighted by Crippen LogP contribution is -2.40. The van der Waals surface area contributed by atoms with Crippen LogP contribution in [0, 0.1) is 0 Å². The highest BCUT2D eigenvalue weighted by atomic mass is 16.5. The van der Waals surface area contributed by atoms with Crippen molar-refractivity contribution in [1.29, 1.82) is 0 Å². The number of ether oxygens (including phenoxy) is 1. The number of amides is 2. The van der Waals surface area contributed by atoms with Gasteiger partial charge in [0.1, 0.15) is 11.5 Å². The molecule has 0 saturated heterocycles. The fourth-order valence-corrected chi connectivity index (χ4v) is 2.40. The van der Waals surface area contributed by atoms with Crippen LogP contribution in [0.5, 0.6) is 11.5 Å². The minimum atomic E-state index is -0.212. The number of nitrogens with one attached hydrogen (secondary N) is 3. The first-order valence-electron chi connectivity index (χ1n) is 9.13. The lowest BCUT2D eigenvalue weighted by molar-refractivity contribution is -0.120. The molecule has 0 bridgehead atoms. The molecule has 0 aliphatic heterocycles. The van der Waals surface area contributed by atoms with Crippen LogP contribution in [0.4, 0.5) is 5.69 Å². The van der Waals surface area contributed by atoms with Crippen LogP contribution in [-0.2, 0) is 16.0 Å². The largest absolute Gasteiger partial charge is 0.457 e. The van der Waals surface area contributed by atoms with Crippen LogP contribution in [0.25, 0.3) is 0 Å². The second-order valence-corrected chi connectivity index (χ2v) is 6.50. The number of hydrogen-bond donors (Lipinski definition) is 3. The van der Waals surface area contributed by atoms with E-state index in [0.717, 1.165) is 12.2 Å². The fourth-order valence-electron chi connectivity index (χ4n) is 2.40. The lowest BCUT2D eigenvalue weighted by Gasteiger charge is -2.10. The van der Waals surface area contributed by atoms with Crippen molar-refractivity contribution in [3.63, 3.8) is 0 Å². The van der Waals surface area contributed by atoms with Crippen molar-refractivity contribution in [2.75, 3.05) is 18.4 Å². The van der Waals surface area contributed by atoms with Gasteiger partial charge in [0.05, 0.1) is 13.1 Å². The van der Waals surface area contributed by atoms with Gasteiger partial charge in [0, 0.05) is 11.7 Å². The summed E-state index contributed by atoms with van der Waals surface area (Å²) in [5.41, 5.74) is 1.93. The number of carbonyl (C=O) groups is 2. The summed E-state index contributed by atoms with van der Waals surface area (Å²) >= 11 is 0. The van der Waals surface area contributed by atoms with Crippen molar-refractivity contribution in [2.24, 2.45) is 0 Å². The minimum Gasteiger partial charge on any atom is -0.457 e. The molecule has 3 N–H and O–H groups in total. The average Bonchev–Trinajstić information content (AvgIpc) is 2.63. The van der Waals surface area contributed by atoms with Crippen LogP contribution in [-0.4, -0.2) is 30.9 Å². The van der Waals surface area contributed by atoms with Gasteiger partial charge in [-0.25, -0.2) is 0 Å². The van der Waals surface area contributed by atoms with Crippen molar-refractivity contribution in [3.05, 3.63) is 54.1 Å². The van der Waals surface area contributed by atoms with E-state index in [2.05, 4.69) is 22.9 Å². The van der Waals surface area contributed by atoms with Crippen molar-refractivity contribution in [1.82, 2.24) is 10.6 Å². The average molecular weight is 369 g/mol. The quantitative estimate of drug-likeness (QED) is 0.635. The number of aryl methyl sites for hydroxylation is 1. The Kier molecular flexibility index (Phi) is 7.82. The van der Waals surface area contributed by atoms with Crippen molar-refractivity contribution in [2.45, 2.75) is 33.2 Å². The monoisotopic (exact) mass is 369 g/mol. The molecule has 2 aromatic rings. The van der Waals surface area contributed by atoms with Crippen molar-refractivity contribution in [3.8, 4) is 11.5 Å². The molecular weight excluding hydrogens is 342 g/mol. The van der Waals surface area contributed by atoms with Gasteiger partial charge in [0.15, 0.2) is 0 Å². The van der Waals surface area contributed by atoms with Crippen LogP contribution in [0.2, 0.25) is 0 Å². The molecule has 27 heavy (non-hydrogen) atoms. The van der Waals surface area contributed by atoms with Crippen LogP contribution in [0.15, 0.2) is 48.5 Å². The van der Waals surface area contributed by atoms with E-state index in [1.165, 1.54) is 5.56 Å². The summed E-state index contributed by atoms with van der Waals surface area (Å²) in [6.07, 6.45) is 0.992. The summed E-state index contributed by atoms with van der Waals surface area (Å²) in [4.78, 5) is 23.4. The van der Waals surface area contributed by atoms with Crippen LogP contribution >= 0.6 is 0 Å². The normalized spacial score (nSPS) is 10.5. The van der Waals surface area contributed by atoms with E-state index < -0.39 is 0 Å². The van der Waals surface area contributed by atoms with Crippen molar-refractivity contribution >= 4 is 17.5 Å². The molecule has 2 amide bonds. The Balaban J connectivity index is 1.77. The summed E-state index contributed by atoms with van der Waals surface area (Å²) in [7, 11) is 0. The Labute approximate surface area is 160 Å². The summed E-state index contributed by atoms with van der Waals surface area (Å²) in [6.45, 7) is 6.05. The molecule has 0 aromatic heterocycles. The molecule has 144 valence electrons. The minimum absolute atomic E-state index is 0.0630. The van der Waals surface area contributed by atoms with Crippen LogP contribution in [0.3, 0.4) is 0 Å². The molecule has 2 aromatic carbocycles. The first kappa shape index (κ1) is 20.5. The molecule has 0 radical (unpaired) electrons. The molecular formula is C21H27N3O3. The fraction of sp³-hybridized carbons (Fsp3) is 0.333. The molecule has 0 saturated carbocycles. The SMILES string of the molecule is CCc1ccc(Oc2ccc(NC(=O)CNCC(=O)NC(C)C)cc2)cc1. The highest BCUT2D eigenvalue weighted by Crippen LogP contribution is 2.23. The number of anilines is 1. The van der Waals surface area contributed by atoms with Gasteiger partial charge in [-0.3, -0.25) is 14.9 Å². The first-order valence-corrected chi connectivity index (χ1v) is 9.13. The zero-order valence-corrected chi connectivity index (χ0v) is 16.0. The molecule has 6 nitrogen and oxygen atoms in total. The first-order chi connectivity index (χ1) is 13.0. The van der Waals surface area contributed by atoms with Gasteiger partial charge in [-0.05, 0) is 62.2 Å². The van der Waals surface area contributed by atoms with E-state index in [-0.39, 0.29) is 30.9 Å². The van der Waals surface area contributed by atoms with Gasteiger partial charge < -0.3 is 15.4 Å². The molecule has 0 aliphatic rings. The molecule has 0 atom stereocenters. The third-order valence-corrected chi connectivity index (χ3v) is 3.73. The lowest BCUT2D eigenvalue weighted by atomic mass is 10.2. The second-order valence-electron chi connectivity index (χ2n) is 6.50. The Bertz CT molecular complexity index is 740. The van der Waals surface area contributed by atoms with E-state index in [0.29, 0.717) is 11.4 Å². The molecule has 2 rings (SSSR count). The predicted molar refractivity (Wildman–Crippen MR) is 107 cm³/mol. The molecule has 0 aliphatic carbocycles. The summed E-state index contributed by atoms with van der Waals surface area (Å²) < 4.78 is 5.79. The summed E-state index contributed by atoms with van der Waals surface area (Å²) in [5.74, 6) is 1.12. The van der Waals surface area contributed by atoms with Gasteiger partial charge in [0.25, 0.3) is 0 Å². The van der Waals surface area contributed by atoms with Gasteiger partial charge in [-0.15, -0.1) is 0 Å². The van der Waals surface area contributed by atoms with Gasteiger partial charge in [-0.2, -0.15) is 0 Å². The zero-order valence-electron chi connectivity index (χ0n) is 16.0. The van der Waals surface area contributed by atoms with Gasteiger partial charge >= 0.3 is 0 Å². The summed E-state index contributed by atoms with van der Waals surface area (Å²) in [5, 5.41) is 8.34. The second kappa shape index (κ2) is 10.3. The predicted octanol–water partition coefficient (Wildman–Crippen LogP) is 3.09. The number of benzene rings is 2. The third kappa shape index (κ3) is 7.50. The Morgan fingerprint density at radius 3 is 2.00 bits per heavy atom. The van der Waals surface area contributed by atoms with Crippen molar-refractivity contribution < 1.29 is 14.3 Å². The van der Waals surface area contributed by atoms with Crippen LogP contribution in [0.1, 0.15) is 26.3 Å². The van der Waals surface area contributed by atoms with E-state index in [4.69, 9.17) is 4.74 Å². The smallest absolute Gasteiger partial charge is 0.238 e. The molecule has 6 heteroatoms. The van der Waals surface area contributed by atoms with E-state index >= 15 is 0 Å². The highest BCUT2D eigenvalue weighted by molar-refractivity contribution is 5.92. The molecule has 0 fully saturated rings. The molecule has 0 heterocycles. The maximum Gasteiger partial charge on any atom is 0.238 e. The maximum atomic E-state index is 11.9. The molecule has 0 spiro atoms. The van der Waals surface area contributed by atoms with E-state index in [9.17, 15) is 9.59 Å². The number of hydrogen-bond acceptors (Lipinski definition) is 4. The van der Waals surface area contributed by atoms with Gasteiger partial charge in [-0.1, -0.05) is 19.1 Å².